The van der Waals surface area contributed by atoms with E-state index in [-0.39, 0.29) is 11.4 Å². The number of fused-ring (bicyclic) bond motifs is 1. The van der Waals surface area contributed by atoms with Crippen LogP contribution in [0.1, 0.15) is 60.2 Å². The summed E-state index contributed by atoms with van der Waals surface area (Å²) >= 11 is 0. The fourth-order valence-electron chi connectivity index (χ4n) is 4.48. The molecule has 160 valence electrons. The molecule has 1 aliphatic rings. The molecule has 2 heterocycles. The molecule has 1 aromatic heterocycles. The van der Waals surface area contributed by atoms with Crippen molar-refractivity contribution in [2.45, 2.75) is 45.6 Å². The molecule has 0 spiro atoms. The summed E-state index contributed by atoms with van der Waals surface area (Å²) in [6, 6.07) is 15.8. The molecule has 0 radical (unpaired) electrons. The maximum atomic E-state index is 12.8. The van der Waals surface area contributed by atoms with Crippen molar-refractivity contribution < 1.29 is 4.79 Å². The van der Waals surface area contributed by atoms with Gasteiger partial charge in [0.25, 0.3) is 5.91 Å². The first kappa shape index (κ1) is 20.9. The Kier molecular flexibility index (Phi) is 5.44. The first-order chi connectivity index (χ1) is 14.8. The number of amides is 1. The topological polar surface area (TPSA) is 49.6 Å². The molecule has 4 rings (SSSR count). The molecule has 3 aromatic rings. The number of benzene rings is 2. The van der Waals surface area contributed by atoms with Gasteiger partial charge in [-0.25, -0.2) is 5.43 Å². The Morgan fingerprint density at radius 1 is 1.13 bits per heavy atom. The largest absolute Gasteiger partial charge is 0.369 e. The summed E-state index contributed by atoms with van der Waals surface area (Å²) < 4.78 is 1.92. The lowest BCUT2D eigenvalue weighted by atomic mass is 9.79. The van der Waals surface area contributed by atoms with Gasteiger partial charge in [-0.05, 0) is 86.2 Å². The Morgan fingerprint density at radius 3 is 2.58 bits per heavy atom. The van der Waals surface area contributed by atoms with E-state index < -0.39 is 0 Å². The number of anilines is 1. The number of aryl methyl sites for hydroxylation is 1. The van der Waals surface area contributed by atoms with Crippen LogP contribution in [-0.2, 0) is 0 Å². The Morgan fingerprint density at radius 2 is 1.84 bits per heavy atom. The van der Waals surface area contributed by atoms with Gasteiger partial charge in [-0.2, -0.15) is 5.10 Å². The van der Waals surface area contributed by atoms with Gasteiger partial charge >= 0.3 is 0 Å². The summed E-state index contributed by atoms with van der Waals surface area (Å²) in [7, 11) is 2.17. The van der Waals surface area contributed by atoms with Gasteiger partial charge in [0.15, 0.2) is 0 Å². The molecule has 5 nitrogen and oxygen atoms in total. The van der Waals surface area contributed by atoms with Gasteiger partial charge in [0, 0.05) is 30.7 Å². The van der Waals surface area contributed by atoms with E-state index >= 15 is 0 Å². The van der Waals surface area contributed by atoms with E-state index in [0.29, 0.717) is 11.5 Å². The Labute approximate surface area is 184 Å². The maximum absolute atomic E-state index is 12.8. The molecule has 31 heavy (non-hydrogen) atoms. The van der Waals surface area contributed by atoms with Crippen molar-refractivity contribution in [1.82, 2.24) is 9.99 Å². The highest BCUT2D eigenvalue weighted by molar-refractivity contribution is 5.98. The molecule has 0 aliphatic carbocycles. The number of hydrazone groups is 1. The SMILES string of the molecule is Cc1cc2c(cc1/C=N\NC(=O)c1ccccc1-n1cccc1)[C@@H](C)CC(C)(C)N2C. The molecule has 0 bridgehead atoms. The van der Waals surface area contributed by atoms with Crippen LogP contribution < -0.4 is 10.3 Å². The second-order valence-electron chi connectivity index (χ2n) is 9.05. The number of aromatic nitrogens is 1. The van der Waals surface area contributed by atoms with Crippen LogP contribution in [0.25, 0.3) is 5.69 Å². The Bertz CT molecular complexity index is 1130. The van der Waals surface area contributed by atoms with Crippen LogP contribution in [0, 0.1) is 6.92 Å². The van der Waals surface area contributed by atoms with Crippen molar-refractivity contribution in [2.24, 2.45) is 5.10 Å². The zero-order valence-electron chi connectivity index (χ0n) is 18.9. The Hall–Kier alpha value is -3.34. The minimum Gasteiger partial charge on any atom is -0.369 e. The van der Waals surface area contributed by atoms with Crippen molar-refractivity contribution >= 4 is 17.8 Å². The lowest BCUT2D eigenvalue weighted by molar-refractivity contribution is 0.0955. The van der Waals surface area contributed by atoms with Crippen molar-refractivity contribution in [2.75, 3.05) is 11.9 Å². The fraction of sp³-hybridized carbons (Fsp3) is 0.308. The molecule has 1 aliphatic heterocycles. The van der Waals surface area contributed by atoms with Crippen LogP contribution in [-0.4, -0.2) is 29.3 Å². The lowest BCUT2D eigenvalue weighted by Gasteiger charge is -2.45. The number of nitrogens with zero attached hydrogens (tertiary/aromatic N) is 3. The molecule has 0 saturated carbocycles. The van der Waals surface area contributed by atoms with Gasteiger partial charge in [-0.1, -0.05) is 19.1 Å². The summed E-state index contributed by atoms with van der Waals surface area (Å²) in [4.78, 5) is 15.2. The molecule has 1 atom stereocenters. The van der Waals surface area contributed by atoms with Gasteiger partial charge in [-0.15, -0.1) is 0 Å². The predicted octanol–water partition coefficient (Wildman–Crippen LogP) is 5.27. The standard InChI is InChI=1S/C26H30N4O/c1-18-14-24-22(19(2)16-26(3,4)29(24)5)15-20(18)17-27-28-25(31)21-10-6-7-11-23(21)30-12-8-9-13-30/h6-15,17,19H,16H2,1-5H3,(H,28,31)/b27-17-/t19-/m0/s1. The molecular formula is C26H30N4O. The van der Waals surface area contributed by atoms with E-state index in [2.05, 4.69) is 62.3 Å². The fourth-order valence-corrected chi connectivity index (χ4v) is 4.48. The van der Waals surface area contributed by atoms with Crippen LogP contribution in [0.3, 0.4) is 0 Å². The van der Waals surface area contributed by atoms with Crippen LogP contribution in [0.15, 0.2) is 66.0 Å². The van der Waals surface area contributed by atoms with Crippen LogP contribution >= 0.6 is 0 Å². The number of hydrogen-bond acceptors (Lipinski definition) is 3. The molecule has 2 aromatic carbocycles. The molecule has 1 amide bonds. The summed E-state index contributed by atoms with van der Waals surface area (Å²) in [5.41, 5.74) is 9.01. The van der Waals surface area contributed by atoms with E-state index in [4.69, 9.17) is 0 Å². The van der Waals surface area contributed by atoms with Gasteiger partial charge in [0.1, 0.15) is 0 Å². The van der Waals surface area contributed by atoms with Crippen molar-refractivity contribution in [3.63, 3.8) is 0 Å². The Balaban J connectivity index is 1.56. The average molecular weight is 415 g/mol. The second kappa shape index (κ2) is 8.06. The third-order valence-electron chi connectivity index (χ3n) is 6.42. The number of nitrogens with one attached hydrogen (secondary N) is 1. The normalized spacial score (nSPS) is 17.6. The van der Waals surface area contributed by atoms with Crippen LogP contribution in [0.2, 0.25) is 0 Å². The van der Waals surface area contributed by atoms with Gasteiger partial charge in [-0.3, -0.25) is 4.79 Å². The van der Waals surface area contributed by atoms with Crippen molar-refractivity contribution in [3.8, 4) is 5.69 Å². The number of carbonyl (C=O) groups excluding carboxylic acids is 1. The highest BCUT2D eigenvalue weighted by Crippen LogP contribution is 2.43. The first-order valence-electron chi connectivity index (χ1n) is 10.7. The van der Waals surface area contributed by atoms with E-state index in [9.17, 15) is 4.79 Å². The van der Waals surface area contributed by atoms with Gasteiger partial charge in [0.05, 0.1) is 17.5 Å². The molecule has 0 unspecified atom stereocenters. The zero-order chi connectivity index (χ0) is 22.2. The van der Waals surface area contributed by atoms with Crippen LogP contribution in [0.5, 0.6) is 0 Å². The first-order valence-corrected chi connectivity index (χ1v) is 10.7. The third kappa shape index (κ3) is 4.00. The number of rotatable bonds is 4. The summed E-state index contributed by atoms with van der Waals surface area (Å²) in [6.07, 6.45) is 6.69. The molecular weight excluding hydrogens is 384 g/mol. The summed E-state index contributed by atoms with van der Waals surface area (Å²) in [5, 5.41) is 4.28. The molecule has 0 saturated heterocycles. The number of hydrogen-bond donors (Lipinski definition) is 1. The van der Waals surface area contributed by atoms with Crippen LogP contribution in [0.4, 0.5) is 5.69 Å². The monoisotopic (exact) mass is 414 g/mol. The average Bonchev–Trinajstić information content (AvgIpc) is 3.27. The maximum Gasteiger partial charge on any atom is 0.273 e. The van der Waals surface area contributed by atoms with E-state index in [1.165, 1.54) is 11.3 Å². The van der Waals surface area contributed by atoms with Crippen molar-refractivity contribution in [1.29, 1.82) is 0 Å². The molecule has 1 N–H and O–H groups in total. The third-order valence-corrected chi connectivity index (χ3v) is 6.42. The molecule has 5 heteroatoms. The van der Waals surface area contributed by atoms with Crippen molar-refractivity contribution in [3.05, 3.63) is 83.2 Å². The summed E-state index contributed by atoms with van der Waals surface area (Å²) in [5.74, 6) is 0.239. The van der Waals surface area contributed by atoms with Gasteiger partial charge in [0.2, 0.25) is 0 Å². The second-order valence-corrected chi connectivity index (χ2v) is 9.05. The van der Waals surface area contributed by atoms with E-state index in [1.54, 1.807) is 6.21 Å². The smallest absolute Gasteiger partial charge is 0.273 e. The minimum absolute atomic E-state index is 0.134. The molecule has 0 fully saturated rings. The summed E-state index contributed by atoms with van der Waals surface area (Å²) in [6.45, 7) is 8.95. The lowest BCUT2D eigenvalue weighted by Crippen LogP contribution is -2.45. The van der Waals surface area contributed by atoms with Gasteiger partial charge < -0.3 is 9.47 Å². The highest BCUT2D eigenvalue weighted by atomic mass is 16.2. The highest BCUT2D eigenvalue weighted by Gasteiger charge is 2.34. The predicted molar refractivity (Wildman–Crippen MR) is 128 cm³/mol. The minimum atomic E-state index is -0.231. The number of carbonyl (C=O) groups is 1. The quantitative estimate of drug-likeness (QED) is 0.467. The zero-order valence-corrected chi connectivity index (χ0v) is 18.9. The number of para-hydroxylation sites is 1. The van der Waals surface area contributed by atoms with E-state index in [1.807, 2.05) is 53.4 Å². The van der Waals surface area contributed by atoms with E-state index in [0.717, 1.165) is 23.2 Å².